The fourth-order valence-corrected chi connectivity index (χ4v) is 6.25. The number of hydrogen-bond acceptors (Lipinski definition) is 7. The first-order valence-corrected chi connectivity index (χ1v) is 12.3. The predicted molar refractivity (Wildman–Crippen MR) is 131 cm³/mol. The zero-order valence-electron chi connectivity index (χ0n) is 18.9. The van der Waals surface area contributed by atoms with Gasteiger partial charge in [-0.15, -0.1) is 0 Å². The van der Waals surface area contributed by atoms with Gasteiger partial charge in [-0.2, -0.15) is 0 Å². The second kappa shape index (κ2) is 7.97. The first-order valence-electron chi connectivity index (χ1n) is 11.5. The lowest BCUT2D eigenvalue weighted by atomic mass is 9.73. The third-order valence-corrected chi connectivity index (χ3v) is 8.42. The van der Waals surface area contributed by atoms with E-state index in [2.05, 4.69) is 57.4 Å². The second-order valence-corrected chi connectivity index (χ2v) is 10.5. The molecule has 6 rings (SSSR count). The maximum Gasteiger partial charge on any atom is 0.211 e. The molecular formula is C25H28N6OS. The molecule has 0 radical (unpaired) electrons. The fourth-order valence-electron chi connectivity index (χ4n) is 5.25. The smallest absolute Gasteiger partial charge is 0.211 e. The van der Waals surface area contributed by atoms with Gasteiger partial charge in [-0.1, -0.05) is 23.9 Å². The number of rotatable bonds is 3. The molecule has 2 aliphatic rings. The first-order chi connectivity index (χ1) is 16.0. The number of nitrogens with two attached hydrogens (primary N) is 1. The molecule has 2 fully saturated rings. The van der Waals surface area contributed by atoms with Crippen molar-refractivity contribution in [3.05, 3.63) is 54.6 Å². The Kier molecular flexibility index (Phi) is 5.05. The van der Waals surface area contributed by atoms with Crippen LogP contribution in [0.1, 0.15) is 25.3 Å². The van der Waals surface area contributed by atoms with Crippen molar-refractivity contribution in [2.24, 2.45) is 11.1 Å². The Morgan fingerprint density at radius 2 is 1.94 bits per heavy atom. The van der Waals surface area contributed by atoms with Crippen molar-refractivity contribution < 1.29 is 4.74 Å². The molecule has 3 aromatic heterocycles. The molecule has 170 valence electrons. The van der Waals surface area contributed by atoms with Gasteiger partial charge in [0.25, 0.3) is 0 Å². The third kappa shape index (κ3) is 3.48. The van der Waals surface area contributed by atoms with Crippen LogP contribution in [0.3, 0.4) is 0 Å². The van der Waals surface area contributed by atoms with Crippen molar-refractivity contribution in [1.29, 1.82) is 0 Å². The number of aryl methyl sites for hydroxylation is 1. The Labute approximate surface area is 197 Å². The van der Waals surface area contributed by atoms with Crippen molar-refractivity contribution in [3.8, 4) is 0 Å². The number of anilines is 1. The van der Waals surface area contributed by atoms with Crippen LogP contribution in [0.2, 0.25) is 0 Å². The highest BCUT2D eigenvalue weighted by molar-refractivity contribution is 7.99. The minimum absolute atomic E-state index is 0.0977. The van der Waals surface area contributed by atoms with Gasteiger partial charge in [-0.05, 0) is 44.4 Å². The van der Waals surface area contributed by atoms with Crippen LogP contribution in [0.15, 0.2) is 58.8 Å². The minimum atomic E-state index is 0.0977. The average Bonchev–Trinajstić information content (AvgIpc) is 3.42. The molecule has 33 heavy (non-hydrogen) atoms. The Balaban J connectivity index is 1.29. The molecular weight excluding hydrogens is 432 g/mol. The SMILES string of the molecule is Cc1ccc2c(Sc3cnc(N4CCC5(CC4)CO[C@@H](C)[C@H]5N)n4ccnc34)ccnc2c1. The van der Waals surface area contributed by atoms with Crippen LogP contribution in [0.25, 0.3) is 16.6 Å². The lowest BCUT2D eigenvalue weighted by Crippen LogP contribution is -2.51. The van der Waals surface area contributed by atoms with E-state index in [1.54, 1.807) is 11.8 Å². The van der Waals surface area contributed by atoms with E-state index in [4.69, 9.17) is 15.5 Å². The van der Waals surface area contributed by atoms with Crippen LogP contribution in [0, 0.1) is 12.3 Å². The number of nitrogens with zero attached hydrogens (tertiary/aromatic N) is 5. The zero-order valence-corrected chi connectivity index (χ0v) is 19.8. The zero-order chi connectivity index (χ0) is 22.6. The summed E-state index contributed by atoms with van der Waals surface area (Å²) < 4.78 is 8.00. The molecule has 1 aromatic carbocycles. The van der Waals surface area contributed by atoms with Crippen LogP contribution < -0.4 is 10.6 Å². The van der Waals surface area contributed by atoms with Crippen LogP contribution in [0.5, 0.6) is 0 Å². The number of benzene rings is 1. The Hall–Kier alpha value is -2.68. The molecule has 2 aliphatic heterocycles. The Bertz CT molecular complexity index is 1330. The summed E-state index contributed by atoms with van der Waals surface area (Å²) in [6.45, 7) is 6.79. The normalized spacial score (nSPS) is 22.6. The summed E-state index contributed by atoms with van der Waals surface area (Å²) in [5.74, 6) is 0.942. The van der Waals surface area contributed by atoms with E-state index in [0.29, 0.717) is 0 Å². The van der Waals surface area contributed by atoms with Crippen molar-refractivity contribution in [1.82, 2.24) is 19.4 Å². The van der Waals surface area contributed by atoms with Gasteiger partial charge in [0.15, 0.2) is 5.65 Å². The number of pyridine rings is 1. The molecule has 1 spiro atoms. The maximum absolute atomic E-state index is 6.51. The summed E-state index contributed by atoms with van der Waals surface area (Å²) in [5, 5.41) is 1.15. The third-order valence-electron chi connectivity index (χ3n) is 7.34. The molecule has 8 heteroatoms. The molecule has 7 nitrogen and oxygen atoms in total. The van der Waals surface area contributed by atoms with Gasteiger partial charge in [-0.25, -0.2) is 9.97 Å². The van der Waals surface area contributed by atoms with Crippen LogP contribution in [-0.2, 0) is 4.74 Å². The summed E-state index contributed by atoms with van der Waals surface area (Å²) in [7, 11) is 0. The van der Waals surface area contributed by atoms with E-state index in [0.717, 1.165) is 64.8 Å². The quantitative estimate of drug-likeness (QED) is 0.493. The summed E-state index contributed by atoms with van der Waals surface area (Å²) in [6.07, 6.45) is 9.87. The number of hydrogen-bond donors (Lipinski definition) is 1. The van der Waals surface area contributed by atoms with Gasteiger partial charge in [0, 0.05) is 59.6 Å². The van der Waals surface area contributed by atoms with Crippen molar-refractivity contribution >= 4 is 34.3 Å². The van der Waals surface area contributed by atoms with E-state index >= 15 is 0 Å². The number of piperidine rings is 1. The van der Waals surface area contributed by atoms with Gasteiger partial charge >= 0.3 is 0 Å². The van der Waals surface area contributed by atoms with E-state index in [1.807, 2.05) is 24.8 Å². The molecule has 4 aromatic rings. The first kappa shape index (κ1) is 20.9. The molecule has 2 saturated heterocycles. The van der Waals surface area contributed by atoms with Gasteiger partial charge in [-0.3, -0.25) is 9.38 Å². The molecule has 5 heterocycles. The van der Waals surface area contributed by atoms with E-state index in [-0.39, 0.29) is 17.6 Å². The summed E-state index contributed by atoms with van der Waals surface area (Å²) in [5.41, 5.74) is 9.75. The second-order valence-electron chi connectivity index (χ2n) is 9.37. The van der Waals surface area contributed by atoms with E-state index in [9.17, 15) is 0 Å². The highest BCUT2D eigenvalue weighted by Gasteiger charge is 2.47. The molecule has 0 unspecified atom stereocenters. The van der Waals surface area contributed by atoms with Crippen molar-refractivity contribution in [2.45, 2.75) is 48.6 Å². The topological polar surface area (TPSA) is 81.6 Å². The van der Waals surface area contributed by atoms with Crippen molar-refractivity contribution in [2.75, 3.05) is 24.6 Å². The average molecular weight is 461 g/mol. The van der Waals surface area contributed by atoms with Crippen LogP contribution in [0.4, 0.5) is 5.95 Å². The number of ether oxygens (including phenoxy) is 1. The largest absolute Gasteiger partial charge is 0.376 e. The Morgan fingerprint density at radius 3 is 2.73 bits per heavy atom. The molecule has 0 bridgehead atoms. The fraction of sp³-hybridized carbons (Fsp3) is 0.400. The van der Waals surface area contributed by atoms with Crippen LogP contribution in [-0.4, -0.2) is 51.2 Å². The monoisotopic (exact) mass is 460 g/mol. The standard InChI is InChI=1S/C25H28N6OS/c1-16-3-4-18-19(13-16)27-8-5-20(18)33-21-14-29-24(31-12-9-28-23(21)31)30-10-6-25(7-11-30)15-32-17(2)22(25)26/h3-5,8-9,12-14,17,22H,6-7,10-11,15,26H2,1-2H3/t17-,22+/m0/s1. The molecule has 0 aliphatic carbocycles. The number of fused-ring (bicyclic) bond motifs is 2. The van der Waals surface area contributed by atoms with Gasteiger partial charge in [0.2, 0.25) is 5.95 Å². The number of imidazole rings is 1. The molecule has 0 saturated carbocycles. The maximum atomic E-state index is 6.51. The summed E-state index contributed by atoms with van der Waals surface area (Å²) in [4.78, 5) is 18.7. The Morgan fingerprint density at radius 1 is 1.09 bits per heavy atom. The lowest BCUT2D eigenvalue weighted by Gasteiger charge is -2.41. The molecule has 0 amide bonds. The summed E-state index contributed by atoms with van der Waals surface area (Å²) >= 11 is 1.69. The predicted octanol–water partition coefficient (Wildman–Crippen LogP) is 4.07. The van der Waals surface area contributed by atoms with Gasteiger partial charge in [0.05, 0.1) is 23.1 Å². The van der Waals surface area contributed by atoms with Gasteiger partial charge < -0.3 is 15.4 Å². The highest BCUT2D eigenvalue weighted by Crippen LogP contribution is 2.42. The van der Waals surface area contributed by atoms with E-state index in [1.165, 1.54) is 5.56 Å². The minimum Gasteiger partial charge on any atom is -0.376 e. The molecule has 2 N–H and O–H groups in total. The van der Waals surface area contributed by atoms with E-state index < -0.39 is 0 Å². The highest BCUT2D eigenvalue weighted by atomic mass is 32.2. The summed E-state index contributed by atoms with van der Waals surface area (Å²) in [6, 6.07) is 8.57. The number of aromatic nitrogens is 4. The van der Waals surface area contributed by atoms with Crippen LogP contribution >= 0.6 is 11.8 Å². The lowest BCUT2D eigenvalue weighted by molar-refractivity contribution is 0.0973. The van der Waals surface area contributed by atoms with Crippen molar-refractivity contribution in [3.63, 3.8) is 0 Å². The van der Waals surface area contributed by atoms with Gasteiger partial charge in [0.1, 0.15) is 0 Å². The molecule has 2 atom stereocenters.